The third kappa shape index (κ3) is 2.26. The van der Waals surface area contributed by atoms with Gasteiger partial charge in [0.05, 0.1) is 18.1 Å². The predicted molar refractivity (Wildman–Crippen MR) is 48.4 cm³/mol. The second-order valence-electron chi connectivity index (χ2n) is 2.60. The van der Waals surface area contributed by atoms with Gasteiger partial charge in [-0.05, 0) is 12.1 Å². The molecular weight excluding hydrogens is 259 g/mol. The fourth-order valence-corrected chi connectivity index (χ4v) is 1.56. The highest BCUT2D eigenvalue weighted by atomic mass is 79.9. The number of nitrogens with zero attached hydrogens (tertiary/aromatic N) is 1. The Morgan fingerprint density at radius 3 is 2.57 bits per heavy atom. The highest BCUT2D eigenvalue weighted by Gasteiger charge is 2.17. The molecule has 1 aromatic carbocycles. The lowest BCUT2D eigenvalue weighted by Crippen LogP contribution is -1.97. The van der Waals surface area contributed by atoms with E-state index in [1.807, 2.05) is 0 Å². The summed E-state index contributed by atoms with van der Waals surface area (Å²) >= 11 is 2.98. The molecule has 0 N–H and O–H groups in total. The number of nitriles is 1. The van der Waals surface area contributed by atoms with E-state index in [1.165, 1.54) is 6.07 Å². The summed E-state index contributed by atoms with van der Waals surface area (Å²) in [7, 11) is 0. The van der Waals surface area contributed by atoms with Crippen LogP contribution in [0.15, 0.2) is 16.6 Å². The van der Waals surface area contributed by atoms with Crippen molar-refractivity contribution in [3.8, 4) is 6.07 Å². The number of hydrogen-bond donors (Lipinski definition) is 0. The first kappa shape index (κ1) is 11.1. The van der Waals surface area contributed by atoms with Crippen LogP contribution in [0, 0.1) is 17.1 Å². The zero-order valence-electron chi connectivity index (χ0n) is 6.90. The molecule has 14 heavy (non-hydrogen) atoms. The Labute approximate surface area is 87.3 Å². The van der Waals surface area contributed by atoms with Crippen molar-refractivity contribution in [3.63, 3.8) is 0 Å². The standard InChI is InChI=1S/C9H5BrF3N/c10-6-3-5(1-2-14)8(11)7(4-6)9(12)13/h3-4,9H,1H2. The van der Waals surface area contributed by atoms with Crippen molar-refractivity contribution in [1.29, 1.82) is 5.26 Å². The van der Waals surface area contributed by atoms with Gasteiger partial charge in [-0.3, -0.25) is 0 Å². The third-order valence-corrected chi connectivity index (χ3v) is 2.10. The van der Waals surface area contributed by atoms with Gasteiger partial charge in [-0.2, -0.15) is 5.26 Å². The molecule has 0 fully saturated rings. The Bertz CT molecular complexity index is 384. The topological polar surface area (TPSA) is 23.8 Å². The van der Waals surface area contributed by atoms with E-state index in [4.69, 9.17) is 5.26 Å². The molecule has 0 aliphatic carbocycles. The van der Waals surface area contributed by atoms with Crippen LogP contribution in [0.4, 0.5) is 13.2 Å². The van der Waals surface area contributed by atoms with E-state index in [-0.39, 0.29) is 12.0 Å². The molecule has 0 radical (unpaired) electrons. The molecule has 0 aromatic heterocycles. The molecule has 0 aliphatic heterocycles. The number of benzene rings is 1. The van der Waals surface area contributed by atoms with Gasteiger partial charge in [0.25, 0.3) is 6.43 Å². The van der Waals surface area contributed by atoms with Gasteiger partial charge in [0.2, 0.25) is 0 Å². The lowest BCUT2D eigenvalue weighted by molar-refractivity contribution is 0.146. The van der Waals surface area contributed by atoms with Crippen molar-refractivity contribution in [3.05, 3.63) is 33.5 Å². The number of alkyl halides is 2. The van der Waals surface area contributed by atoms with Crippen molar-refractivity contribution < 1.29 is 13.2 Å². The van der Waals surface area contributed by atoms with E-state index in [9.17, 15) is 13.2 Å². The van der Waals surface area contributed by atoms with Crippen LogP contribution in [0.3, 0.4) is 0 Å². The molecule has 0 unspecified atom stereocenters. The van der Waals surface area contributed by atoms with Gasteiger partial charge in [0, 0.05) is 10.0 Å². The Kier molecular flexibility index (Phi) is 3.53. The van der Waals surface area contributed by atoms with Crippen LogP contribution in [-0.4, -0.2) is 0 Å². The summed E-state index contributed by atoms with van der Waals surface area (Å²) in [5, 5.41) is 8.35. The summed E-state index contributed by atoms with van der Waals surface area (Å²) in [4.78, 5) is 0. The zero-order valence-corrected chi connectivity index (χ0v) is 8.48. The number of hydrogen-bond acceptors (Lipinski definition) is 1. The van der Waals surface area contributed by atoms with Crippen LogP contribution >= 0.6 is 15.9 Å². The van der Waals surface area contributed by atoms with Gasteiger partial charge in [-0.25, -0.2) is 13.2 Å². The van der Waals surface area contributed by atoms with E-state index < -0.39 is 17.8 Å². The summed E-state index contributed by atoms with van der Waals surface area (Å²) in [6.07, 6.45) is -3.09. The minimum atomic E-state index is -2.87. The Morgan fingerprint density at radius 1 is 1.43 bits per heavy atom. The van der Waals surface area contributed by atoms with E-state index in [2.05, 4.69) is 15.9 Å². The van der Waals surface area contributed by atoms with Gasteiger partial charge in [0.15, 0.2) is 0 Å². The molecule has 5 heteroatoms. The summed E-state index contributed by atoms with van der Waals surface area (Å²) in [5.41, 5.74) is -0.693. The maximum Gasteiger partial charge on any atom is 0.266 e. The highest BCUT2D eigenvalue weighted by molar-refractivity contribution is 9.10. The van der Waals surface area contributed by atoms with E-state index in [0.29, 0.717) is 4.47 Å². The highest BCUT2D eigenvalue weighted by Crippen LogP contribution is 2.28. The van der Waals surface area contributed by atoms with E-state index >= 15 is 0 Å². The second-order valence-corrected chi connectivity index (χ2v) is 3.52. The monoisotopic (exact) mass is 263 g/mol. The summed E-state index contributed by atoms with van der Waals surface area (Å²) in [6, 6.07) is 4.05. The van der Waals surface area contributed by atoms with Gasteiger partial charge in [-0.1, -0.05) is 15.9 Å². The van der Waals surface area contributed by atoms with Gasteiger partial charge in [0.1, 0.15) is 5.82 Å². The molecular formula is C9H5BrF3N. The van der Waals surface area contributed by atoms with Crippen LogP contribution in [0.25, 0.3) is 0 Å². The van der Waals surface area contributed by atoms with Crippen LogP contribution in [0.2, 0.25) is 0 Å². The molecule has 0 amide bonds. The first-order valence-electron chi connectivity index (χ1n) is 3.69. The number of halogens is 4. The van der Waals surface area contributed by atoms with Crippen LogP contribution < -0.4 is 0 Å². The molecule has 0 saturated heterocycles. The Hall–Kier alpha value is -1.02. The average Bonchev–Trinajstić information content (AvgIpc) is 2.10. The first-order chi connectivity index (χ1) is 6.56. The molecule has 74 valence electrons. The zero-order chi connectivity index (χ0) is 10.7. The number of rotatable bonds is 2. The van der Waals surface area contributed by atoms with Gasteiger partial charge < -0.3 is 0 Å². The molecule has 1 nitrogen and oxygen atoms in total. The minimum Gasteiger partial charge on any atom is -0.206 e. The molecule has 0 heterocycles. The molecule has 0 aliphatic rings. The van der Waals surface area contributed by atoms with E-state index in [1.54, 1.807) is 6.07 Å². The quantitative estimate of drug-likeness (QED) is 0.800. The molecule has 0 spiro atoms. The van der Waals surface area contributed by atoms with Crippen molar-refractivity contribution >= 4 is 15.9 Å². The first-order valence-corrected chi connectivity index (χ1v) is 4.48. The van der Waals surface area contributed by atoms with Crippen LogP contribution in [-0.2, 0) is 6.42 Å². The van der Waals surface area contributed by atoms with Crippen molar-refractivity contribution in [1.82, 2.24) is 0 Å². The molecule has 1 rings (SSSR count). The molecule has 0 atom stereocenters. The van der Waals surface area contributed by atoms with Crippen molar-refractivity contribution in [2.75, 3.05) is 0 Å². The Balaban J connectivity index is 3.26. The smallest absolute Gasteiger partial charge is 0.206 e. The normalized spacial score (nSPS) is 10.3. The molecule has 0 bridgehead atoms. The Morgan fingerprint density at radius 2 is 2.07 bits per heavy atom. The third-order valence-electron chi connectivity index (χ3n) is 1.65. The molecule has 0 saturated carbocycles. The van der Waals surface area contributed by atoms with Crippen LogP contribution in [0.1, 0.15) is 17.6 Å². The fraction of sp³-hybridized carbons (Fsp3) is 0.222. The maximum absolute atomic E-state index is 13.2. The van der Waals surface area contributed by atoms with Gasteiger partial charge >= 0.3 is 0 Å². The van der Waals surface area contributed by atoms with Crippen molar-refractivity contribution in [2.45, 2.75) is 12.8 Å². The second kappa shape index (κ2) is 4.47. The lowest BCUT2D eigenvalue weighted by Gasteiger charge is -2.06. The SMILES string of the molecule is N#CCc1cc(Br)cc(C(F)F)c1F. The molecule has 1 aromatic rings. The maximum atomic E-state index is 13.2. The van der Waals surface area contributed by atoms with E-state index in [0.717, 1.165) is 6.07 Å². The van der Waals surface area contributed by atoms with Crippen LogP contribution in [0.5, 0.6) is 0 Å². The summed E-state index contributed by atoms with van der Waals surface area (Å²) < 4.78 is 38.2. The average molecular weight is 264 g/mol. The predicted octanol–water partition coefficient (Wildman–Crippen LogP) is 3.59. The minimum absolute atomic E-state index is 0.0165. The lowest BCUT2D eigenvalue weighted by atomic mass is 10.1. The largest absolute Gasteiger partial charge is 0.266 e. The summed E-state index contributed by atoms with van der Waals surface area (Å²) in [5.74, 6) is -0.996. The van der Waals surface area contributed by atoms with Crippen molar-refractivity contribution in [2.24, 2.45) is 0 Å². The van der Waals surface area contributed by atoms with Gasteiger partial charge in [-0.15, -0.1) is 0 Å². The summed E-state index contributed by atoms with van der Waals surface area (Å²) in [6.45, 7) is 0. The fourth-order valence-electron chi connectivity index (χ4n) is 1.04.